The van der Waals surface area contributed by atoms with Crippen molar-refractivity contribution in [1.82, 2.24) is 0 Å². The van der Waals surface area contributed by atoms with Crippen LogP contribution in [0.2, 0.25) is 0 Å². The van der Waals surface area contributed by atoms with Crippen molar-refractivity contribution in [2.24, 2.45) is 23.7 Å². The van der Waals surface area contributed by atoms with Crippen LogP contribution in [0, 0.1) is 23.7 Å². The number of esters is 9. The van der Waals surface area contributed by atoms with E-state index in [0.29, 0.717) is 51.4 Å². The zero-order chi connectivity index (χ0) is 44.7. The van der Waals surface area contributed by atoms with Gasteiger partial charge in [-0.2, -0.15) is 0 Å². The van der Waals surface area contributed by atoms with Gasteiger partial charge in [0.2, 0.25) is 0 Å². The van der Waals surface area contributed by atoms with Gasteiger partial charge in [0.15, 0.2) is 19.8 Å². The van der Waals surface area contributed by atoms with E-state index in [-0.39, 0.29) is 64.4 Å². The van der Waals surface area contributed by atoms with Crippen LogP contribution in [0.1, 0.15) is 92.9 Å². The molecule has 18 nitrogen and oxygen atoms in total. The monoisotopic (exact) mass is 846 g/mol. The highest BCUT2D eigenvalue weighted by Crippen LogP contribution is 2.44. The highest BCUT2D eigenvalue weighted by Gasteiger charge is 2.54. The molecular weight excluding hydrogens is 792 g/mol. The molecule has 0 aromatic carbocycles. The first kappa shape index (κ1) is 47.1. The molecule has 0 spiro atoms. The number of hydrogen-bond acceptors (Lipinski definition) is 18. The summed E-state index contributed by atoms with van der Waals surface area (Å²) in [5, 5.41) is 0. The van der Waals surface area contributed by atoms with Gasteiger partial charge >= 0.3 is 53.7 Å². The van der Waals surface area contributed by atoms with Crippen LogP contribution < -0.4 is 0 Å². The summed E-state index contributed by atoms with van der Waals surface area (Å²) in [6.45, 7) is 18.8. The first-order valence-corrected chi connectivity index (χ1v) is 19.7. The van der Waals surface area contributed by atoms with Crippen LogP contribution >= 0.6 is 0 Å². The standard InChI is InChI=1S/3C14H18O6/c1-7(2)13(16)18-6-11(15)20-12-8(3)4-9-5-10(12)19-14(9)17;1-8(2)12(16)18-7-11(15)20-14(3)5-4-9-6-10(14)19-13(9)17;1-8(2)12(16)18-7-11(15)19-10-5-4-9-6-14(10,3)20-13(9)17/h8-10,12H,1,4-6H2,2-3H3;2*9-10H,1,4-7H2,2-3H3. The second kappa shape index (κ2) is 19.7. The summed E-state index contributed by atoms with van der Waals surface area (Å²) in [6, 6.07) is 0. The van der Waals surface area contributed by atoms with E-state index in [4.69, 9.17) is 42.6 Å². The lowest BCUT2D eigenvalue weighted by Crippen LogP contribution is -2.46. The number of carbonyl (C=O) groups is 9. The maximum absolute atomic E-state index is 11.7. The van der Waals surface area contributed by atoms with Crippen LogP contribution in [0.25, 0.3) is 0 Å². The van der Waals surface area contributed by atoms with Crippen LogP contribution in [0.15, 0.2) is 36.5 Å². The Hall–Kier alpha value is -5.55. The molecule has 0 radical (unpaired) electrons. The summed E-state index contributed by atoms with van der Waals surface area (Å²) < 4.78 is 45.8. The molecule has 3 saturated carbocycles. The maximum Gasteiger partial charge on any atom is 0.344 e. The van der Waals surface area contributed by atoms with E-state index >= 15 is 0 Å². The Labute approximate surface area is 347 Å². The van der Waals surface area contributed by atoms with Crippen molar-refractivity contribution in [3.05, 3.63) is 36.5 Å². The summed E-state index contributed by atoms with van der Waals surface area (Å²) in [4.78, 5) is 103. The Morgan fingerprint density at radius 3 is 1.75 bits per heavy atom. The fourth-order valence-corrected chi connectivity index (χ4v) is 7.79. The Kier molecular flexibility index (Phi) is 15.5. The molecule has 60 heavy (non-hydrogen) atoms. The van der Waals surface area contributed by atoms with Crippen LogP contribution in [0.3, 0.4) is 0 Å². The van der Waals surface area contributed by atoms with Crippen molar-refractivity contribution in [1.29, 1.82) is 0 Å². The number of rotatable bonds is 12. The molecule has 3 aliphatic carbocycles. The first-order valence-electron chi connectivity index (χ1n) is 19.7. The van der Waals surface area contributed by atoms with Crippen molar-refractivity contribution < 1.29 is 85.8 Å². The minimum absolute atomic E-state index is 0.0472. The number of ether oxygens (including phenoxy) is 9. The minimum Gasteiger partial charge on any atom is -0.458 e. The molecule has 3 saturated heterocycles. The Bertz CT molecular complexity index is 1750. The van der Waals surface area contributed by atoms with Gasteiger partial charge in [-0.05, 0) is 72.6 Å². The molecule has 3 heterocycles. The first-order chi connectivity index (χ1) is 28.0. The van der Waals surface area contributed by atoms with Crippen molar-refractivity contribution in [2.75, 3.05) is 19.8 Å². The second-order valence-corrected chi connectivity index (χ2v) is 16.5. The van der Waals surface area contributed by atoms with Gasteiger partial charge in [-0.25, -0.2) is 28.8 Å². The zero-order valence-corrected chi connectivity index (χ0v) is 34.9. The van der Waals surface area contributed by atoms with E-state index in [1.807, 2.05) is 6.92 Å². The predicted octanol–water partition coefficient (Wildman–Crippen LogP) is 3.26. The quantitative estimate of drug-likeness (QED) is 0.156. The van der Waals surface area contributed by atoms with Crippen molar-refractivity contribution >= 4 is 53.7 Å². The smallest absolute Gasteiger partial charge is 0.344 e. The van der Waals surface area contributed by atoms with Crippen molar-refractivity contribution in [3.8, 4) is 0 Å². The van der Waals surface area contributed by atoms with Gasteiger partial charge in [0.05, 0.1) is 17.8 Å². The summed E-state index contributed by atoms with van der Waals surface area (Å²) in [7, 11) is 0. The predicted molar refractivity (Wildman–Crippen MR) is 202 cm³/mol. The normalized spacial score (nSPS) is 31.4. The molecule has 18 heteroatoms. The highest BCUT2D eigenvalue weighted by molar-refractivity contribution is 5.90. The van der Waals surface area contributed by atoms with Gasteiger partial charge in [0.25, 0.3) is 0 Å². The van der Waals surface area contributed by atoms with Crippen LogP contribution in [0.4, 0.5) is 0 Å². The Balaban J connectivity index is 0.000000198. The molecule has 10 unspecified atom stereocenters. The van der Waals surface area contributed by atoms with E-state index in [9.17, 15) is 43.2 Å². The largest absolute Gasteiger partial charge is 0.458 e. The molecule has 0 N–H and O–H groups in total. The molecular formula is C42H54O18. The van der Waals surface area contributed by atoms with Gasteiger partial charge in [0.1, 0.15) is 35.6 Å². The third-order valence-electron chi connectivity index (χ3n) is 11.1. The second-order valence-electron chi connectivity index (χ2n) is 16.5. The fourth-order valence-electron chi connectivity index (χ4n) is 7.79. The number of fused-ring (bicyclic) bond motifs is 6. The lowest BCUT2D eigenvalue weighted by Gasteiger charge is -2.36. The summed E-state index contributed by atoms with van der Waals surface area (Å²) in [6.07, 6.45) is 3.08. The molecule has 0 amide bonds. The summed E-state index contributed by atoms with van der Waals surface area (Å²) in [5.41, 5.74) is -0.940. The van der Waals surface area contributed by atoms with Crippen LogP contribution in [-0.4, -0.2) is 109 Å². The molecule has 6 rings (SSSR count). The van der Waals surface area contributed by atoms with Gasteiger partial charge in [0, 0.05) is 36.0 Å². The van der Waals surface area contributed by atoms with Crippen LogP contribution in [0.5, 0.6) is 0 Å². The average Bonchev–Trinajstić information content (AvgIpc) is 3.77. The molecule has 3 aliphatic heterocycles. The van der Waals surface area contributed by atoms with E-state index < -0.39 is 85.2 Å². The molecule has 6 aliphatic rings. The molecule has 6 fully saturated rings. The molecule has 10 atom stereocenters. The van der Waals surface area contributed by atoms with Gasteiger partial charge in [-0.3, -0.25) is 14.4 Å². The fraction of sp³-hybridized carbons (Fsp3) is 0.643. The lowest BCUT2D eigenvalue weighted by atomic mass is 9.80. The Morgan fingerprint density at radius 1 is 0.650 bits per heavy atom. The van der Waals surface area contributed by atoms with E-state index in [1.54, 1.807) is 13.8 Å². The SMILES string of the molecule is C=C(C)C(=O)OCC(=O)OC1(C)CCC2CC1OC2=O.C=C(C)C(=O)OCC(=O)OC1C(C)CC2CC1OC2=O.C=C(C)C(=O)OCC(=O)OC1CCC2CC1(C)OC2=O. The molecule has 6 bridgehead atoms. The summed E-state index contributed by atoms with van der Waals surface area (Å²) in [5.74, 6) is -4.69. The van der Waals surface area contributed by atoms with E-state index in [0.717, 1.165) is 0 Å². The highest BCUT2D eigenvalue weighted by atomic mass is 16.6. The molecule has 0 aromatic rings. The van der Waals surface area contributed by atoms with E-state index in [2.05, 4.69) is 19.7 Å². The van der Waals surface area contributed by atoms with Gasteiger partial charge in [-0.1, -0.05) is 26.7 Å². The van der Waals surface area contributed by atoms with Crippen molar-refractivity contribution in [3.63, 3.8) is 0 Å². The third kappa shape index (κ3) is 12.0. The molecule has 330 valence electrons. The summed E-state index contributed by atoms with van der Waals surface area (Å²) >= 11 is 0. The maximum atomic E-state index is 11.7. The topological polar surface area (TPSA) is 237 Å². The third-order valence-corrected chi connectivity index (χ3v) is 11.1. The van der Waals surface area contributed by atoms with Gasteiger partial charge < -0.3 is 42.6 Å². The zero-order valence-electron chi connectivity index (χ0n) is 34.9. The number of hydrogen-bond donors (Lipinski definition) is 0. The van der Waals surface area contributed by atoms with Crippen molar-refractivity contribution in [2.45, 2.75) is 129 Å². The average molecular weight is 847 g/mol. The Morgan fingerprint density at radius 2 is 1.18 bits per heavy atom. The van der Waals surface area contributed by atoms with Gasteiger partial charge in [-0.15, -0.1) is 0 Å². The van der Waals surface area contributed by atoms with E-state index in [1.165, 1.54) is 20.8 Å². The minimum atomic E-state index is -0.838. The molecule has 0 aromatic heterocycles. The van der Waals surface area contributed by atoms with Crippen LogP contribution in [-0.2, 0) is 85.8 Å². The lowest BCUT2D eigenvalue weighted by molar-refractivity contribution is -0.182. The number of carbonyl (C=O) groups excluding carboxylic acids is 9.